The molecular weight excluding hydrogens is 312 g/mol. The summed E-state index contributed by atoms with van der Waals surface area (Å²) in [7, 11) is 0. The molecule has 0 atom stereocenters. The Morgan fingerprint density at radius 1 is 1.38 bits per heavy atom. The van der Waals surface area contributed by atoms with Crippen molar-refractivity contribution in [3.63, 3.8) is 0 Å². The SMILES string of the molecule is CC(C)C(=O)NC(=S)Nc1cc(/C=C/C(=O)O)ccc1Cl. The van der Waals surface area contributed by atoms with Crippen LogP contribution in [0.5, 0.6) is 0 Å². The second kappa shape index (κ2) is 7.75. The Morgan fingerprint density at radius 2 is 2.05 bits per heavy atom. The summed E-state index contributed by atoms with van der Waals surface area (Å²) in [5.74, 6) is -1.44. The van der Waals surface area contributed by atoms with Gasteiger partial charge in [-0.3, -0.25) is 4.79 Å². The van der Waals surface area contributed by atoms with E-state index in [0.717, 1.165) is 6.08 Å². The van der Waals surface area contributed by atoms with Crippen molar-refractivity contribution < 1.29 is 14.7 Å². The van der Waals surface area contributed by atoms with Gasteiger partial charge in [-0.25, -0.2) is 4.79 Å². The zero-order chi connectivity index (χ0) is 16.0. The van der Waals surface area contributed by atoms with Crippen LogP contribution in [0.4, 0.5) is 5.69 Å². The van der Waals surface area contributed by atoms with E-state index in [-0.39, 0.29) is 16.9 Å². The number of carbonyl (C=O) groups excluding carboxylic acids is 1. The van der Waals surface area contributed by atoms with Crippen LogP contribution in [0.25, 0.3) is 6.08 Å². The Morgan fingerprint density at radius 3 is 2.62 bits per heavy atom. The molecule has 1 amide bonds. The fraction of sp³-hybridized carbons (Fsp3) is 0.214. The number of benzene rings is 1. The molecule has 0 radical (unpaired) electrons. The lowest BCUT2D eigenvalue weighted by Gasteiger charge is -2.12. The number of carboxylic acid groups (broad SMARTS) is 1. The van der Waals surface area contributed by atoms with Gasteiger partial charge in [0, 0.05) is 12.0 Å². The predicted molar refractivity (Wildman–Crippen MR) is 87.3 cm³/mol. The average Bonchev–Trinajstić information content (AvgIpc) is 2.39. The standard InChI is InChI=1S/C14H15ClN2O3S/c1-8(2)13(20)17-14(21)16-11-7-9(3-5-10(11)15)4-6-12(18)19/h3-8H,1-2H3,(H,18,19)(H2,16,17,20,21)/b6-4+. The van der Waals surface area contributed by atoms with Crippen molar-refractivity contribution in [2.75, 3.05) is 5.32 Å². The van der Waals surface area contributed by atoms with Crippen LogP contribution in [-0.2, 0) is 9.59 Å². The van der Waals surface area contributed by atoms with E-state index < -0.39 is 5.97 Å². The van der Waals surface area contributed by atoms with Gasteiger partial charge in [0.05, 0.1) is 10.7 Å². The number of nitrogens with one attached hydrogen (secondary N) is 2. The molecule has 1 rings (SSSR count). The second-order valence-electron chi connectivity index (χ2n) is 4.51. The molecule has 0 saturated heterocycles. The third-order valence-corrected chi connectivity index (χ3v) is 2.95. The molecule has 0 aliphatic rings. The highest BCUT2D eigenvalue weighted by Crippen LogP contribution is 2.23. The van der Waals surface area contributed by atoms with Gasteiger partial charge in [0.2, 0.25) is 5.91 Å². The van der Waals surface area contributed by atoms with E-state index >= 15 is 0 Å². The van der Waals surface area contributed by atoms with E-state index in [1.165, 1.54) is 6.08 Å². The molecule has 0 spiro atoms. The molecule has 3 N–H and O–H groups in total. The third kappa shape index (κ3) is 5.93. The molecule has 0 aliphatic heterocycles. The van der Waals surface area contributed by atoms with Crippen LogP contribution in [0, 0.1) is 5.92 Å². The van der Waals surface area contributed by atoms with Crippen molar-refractivity contribution in [1.82, 2.24) is 5.32 Å². The molecule has 1 aromatic carbocycles. The van der Waals surface area contributed by atoms with E-state index in [0.29, 0.717) is 16.3 Å². The van der Waals surface area contributed by atoms with Gasteiger partial charge in [-0.1, -0.05) is 31.5 Å². The Hall–Kier alpha value is -1.92. The number of carboxylic acids is 1. The van der Waals surface area contributed by atoms with E-state index in [2.05, 4.69) is 10.6 Å². The number of hydrogen-bond acceptors (Lipinski definition) is 3. The van der Waals surface area contributed by atoms with Crippen molar-refractivity contribution in [3.05, 3.63) is 34.9 Å². The second-order valence-corrected chi connectivity index (χ2v) is 5.32. The zero-order valence-electron chi connectivity index (χ0n) is 11.5. The lowest BCUT2D eigenvalue weighted by molar-refractivity contribution is -0.131. The largest absolute Gasteiger partial charge is 0.478 e. The molecular formula is C14H15ClN2O3S. The van der Waals surface area contributed by atoms with Crippen molar-refractivity contribution >= 4 is 52.6 Å². The zero-order valence-corrected chi connectivity index (χ0v) is 13.1. The fourth-order valence-corrected chi connectivity index (χ4v) is 1.70. The highest BCUT2D eigenvalue weighted by Gasteiger charge is 2.10. The minimum Gasteiger partial charge on any atom is -0.478 e. The Labute approximate surface area is 133 Å². The van der Waals surface area contributed by atoms with Gasteiger partial charge in [-0.15, -0.1) is 0 Å². The van der Waals surface area contributed by atoms with Gasteiger partial charge >= 0.3 is 5.97 Å². The van der Waals surface area contributed by atoms with Gasteiger partial charge < -0.3 is 15.7 Å². The molecule has 0 bridgehead atoms. The summed E-state index contributed by atoms with van der Waals surface area (Å²) < 4.78 is 0. The lowest BCUT2D eigenvalue weighted by atomic mass is 10.2. The number of hydrogen-bond donors (Lipinski definition) is 3. The molecule has 0 heterocycles. The normalized spacial score (nSPS) is 10.7. The molecule has 1 aromatic rings. The number of halogens is 1. The first kappa shape index (κ1) is 17.1. The molecule has 0 aliphatic carbocycles. The first-order valence-electron chi connectivity index (χ1n) is 6.12. The molecule has 0 unspecified atom stereocenters. The summed E-state index contributed by atoms with van der Waals surface area (Å²) in [4.78, 5) is 22.0. The van der Waals surface area contributed by atoms with Crippen LogP contribution in [0.15, 0.2) is 24.3 Å². The smallest absolute Gasteiger partial charge is 0.328 e. The summed E-state index contributed by atoms with van der Waals surface area (Å²) in [5, 5.41) is 14.5. The fourth-order valence-electron chi connectivity index (χ4n) is 1.32. The predicted octanol–water partition coefficient (Wildman–Crippen LogP) is 2.91. The van der Waals surface area contributed by atoms with E-state index in [1.807, 2.05) is 0 Å². The maximum Gasteiger partial charge on any atom is 0.328 e. The number of rotatable bonds is 4. The van der Waals surface area contributed by atoms with Crippen molar-refractivity contribution in [1.29, 1.82) is 0 Å². The number of anilines is 1. The first-order valence-corrected chi connectivity index (χ1v) is 6.90. The lowest BCUT2D eigenvalue weighted by Crippen LogP contribution is -2.36. The van der Waals surface area contributed by atoms with Gasteiger partial charge in [-0.05, 0) is 36.0 Å². The average molecular weight is 327 g/mol. The molecule has 5 nitrogen and oxygen atoms in total. The van der Waals surface area contributed by atoms with Crippen molar-refractivity contribution in [3.8, 4) is 0 Å². The Bertz CT molecular complexity index is 600. The van der Waals surface area contributed by atoms with Gasteiger partial charge in [-0.2, -0.15) is 0 Å². The minimum absolute atomic E-state index is 0.134. The quantitative estimate of drug-likeness (QED) is 0.585. The third-order valence-electron chi connectivity index (χ3n) is 2.42. The van der Waals surface area contributed by atoms with Gasteiger partial charge in [0.15, 0.2) is 5.11 Å². The van der Waals surface area contributed by atoms with Crippen LogP contribution < -0.4 is 10.6 Å². The molecule has 0 saturated carbocycles. The highest BCUT2D eigenvalue weighted by molar-refractivity contribution is 7.80. The molecule has 0 aromatic heterocycles. The van der Waals surface area contributed by atoms with Crippen molar-refractivity contribution in [2.24, 2.45) is 5.92 Å². The number of aliphatic carboxylic acids is 1. The van der Waals surface area contributed by atoms with Crippen LogP contribution in [0.3, 0.4) is 0 Å². The number of thiocarbonyl (C=S) groups is 1. The van der Waals surface area contributed by atoms with E-state index in [1.54, 1.807) is 32.0 Å². The Kier molecular flexibility index (Phi) is 6.33. The maximum atomic E-state index is 11.5. The molecule has 0 fully saturated rings. The number of amides is 1. The monoisotopic (exact) mass is 326 g/mol. The van der Waals surface area contributed by atoms with Crippen molar-refractivity contribution in [2.45, 2.75) is 13.8 Å². The molecule has 21 heavy (non-hydrogen) atoms. The molecule has 112 valence electrons. The summed E-state index contributed by atoms with van der Waals surface area (Å²) in [6.45, 7) is 3.50. The van der Waals surface area contributed by atoms with E-state index in [4.69, 9.17) is 28.9 Å². The number of carbonyl (C=O) groups is 2. The summed E-state index contributed by atoms with van der Waals surface area (Å²) in [5.41, 5.74) is 1.13. The van der Waals surface area contributed by atoms with Gasteiger partial charge in [0.25, 0.3) is 0 Å². The van der Waals surface area contributed by atoms with Crippen LogP contribution in [0.1, 0.15) is 19.4 Å². The summed E-state index contributed by atoms with van der Waals surface area (Å²) in [6.07, 6.45) is 2.45. The first-order chi connectivity index (χ1) is 9.79. The van der Waals surface area contributed by atoms with Crippen LogP contribution in [0.2, 0.25) is 5.02 Å². The van der Waals surface area contributed by atoms with Gasteiger partial charge in [0.1, 0.15) is 0 Å². The summed E-state index contributed by atoms with van der Waals surface area (Å²) >= 11 is 11.1. The highest BCUT2D eigenvalue weighted by atomic mass is 35.5. The topological polar surface area (TPSA) is 78.4 Å². The maximum absolute atomic E-state index is 11.5. The summed E-state index contributed by atoms with van der Waals surface area (Å²) in [6, 6.07) is 4.91. The van der Waals surface area contributed by atoms with Crippen LogP contribution in [-0.4, -0.2) is 22.1 Å². The molecule has 7 heteroatoms. The van der Waals surface area contributed by atoms with E-state index in [9.17, 15) is 9.59 Å². The van der Waals surface area contributed by atoms with Crippen LogP contribution >= 0.6 is 23.8 Å². The minimum atomic E-state index is -1.04. The Balaban J connectivity index is 2.83.